The van der Waals surface area contributed by atoms with Gasteiger partial charge >= 0.3 is 0 Å². The topological polar surface area (TPSA) is 48.5 Å². The van der Waals surface area contributed by atoms with Crippen LogP contribution in [0.2, 0.25) is 10.0 Å². The molecule has 132 valence electrons. The van der Waals surface area contributed by atoms with Crippen molar-refractivity contribution in [3.05, 3.63) is 22.3 Å². The highest BCUT2D eigenvalue weighted by molar-refractivity contribution is 6.36. The molecule has 9 heteroatoms. The number of amides is 1. The Morgan fingerprint density at radius 1 is 1.26 bits per heavy atom. The van der Waals surface area contributed by atoms with E-state index in [2.05, 4.69) is 15.2 Å². The molecule has 23 heavy (non-hydrogen) atoms. The molecule has 1 aromatic heterocycles. The minimum absolute atomic E-state index is 0. The van der Waals surface area contributed by atoms with Gasteiger partial charge < -0.3 is 15.1 Å². The standard InChI is InChI=1S/C14H20Cl2N4O.2ClH/c1-17-4-2-3-13(21)19-5-7-20(8-6-19)14-12(16)9-11(15)10-18-14;;/h9-10,17H,2-8H2,1H3;2*1H. The first kappa shape index (κ1) is 22.5. The molecule has 0 saturated carbocycles. The van der Waals surface area contributed by atoms with Gasteiger partial charge in [0.15, 0.2) is 0 Å². The largest absolute Gasteiger partial charge is 0.352 e. The van der Waals surface area contributed by atoms with Crippen molar-refractivity contribution in [1.29, 1.82) is 0 Å². The number of hydrogen-bond acceptors (Lipinski definition) is 4. The van der Waals surface area contributed by atoms with E-state index in [9.17, 15) is 4.79 Å². The van der Waals surface area contributed by atoms with Gasteiger partial charge in [0.05, 0.1) is 10.0 Å². The summed E-state index contributed by atoms with van der Waals surface area (Å²) >= 11 is 12.0. The molecule has 5 nitrogen and oxygen atoms in total. The summed E-state index contributed by atoms with van der Waals surface area (Å²) in [4.78, 5) is 20.3. The monoisotopic (exact) mass is 402 g/mol. The zero-order valence-electron chi connectivity index (χ0n) is 12.9. The third-order valence-corrected chi connectivity index (χ3v) is 4.02. The Balaban J connectivity index is 0.00000242. The van der Waals surface area contributed by atoms with Gasteiger partial charge in [0, 0.05) is 38.8 Å². The Hall–Kier alpha value is -0.460. The molecular weight excluding hydrogens is 382 g/mol. The zero-order chi connectivity index (χ0) is 15.2. The van der Waals surface area contributed by atoms with E-state index in [1.807, 2.05) is 11.9 Å². The number of piperazine rings is 1. The molecule has 1 saturated heterocycles. The van der Waals surface area contributed by atoms with E-state index >= 15 is 0 Å². The summed E-state index contributed by atoms with van der Waals surface area (Å²) < 4.78 is 0. The van der Waals surface area contributed by atoms with Crippen molar-refractivity contribution >= 4 is 59.7 Å². The molecule has 0 bridgehead atoms. The van der Waals surface area contributed by atoms with Crippen molar-refractivity contribution in [3.8, 4) is 0 Å². The van der Waals surface area contributed by atoms with Gasteiger partial charge in [-0.15, -0.1) is 24.8 Å². The second kappa shape index (κ2) is 11.2. The molecule has 0 unspecified atom stereocenters. The number of aromatic nitrogens is 1. The highest BCUT2D eigenvalue weighted by Gasteiger charge is 2.22. The average molecular weight is 404 g/mol. The molecule has 2 heterocycles. The summed E-state index contributed by atoms with van der Waals surface area (Å²) in [6, 6.07) is 1.70. The summed E-state index contributed by atoms with van der Waals surface area (Å²) in [7, 11) is 1.89. The molecule has 0 atom stereocenters. The maximum Gasteiger partial charge on any atom is 0.222 e. The van der Waals surface area contributed by atoms with Crippen LogP contribution in [0.1, 0.15) is 12.8 Å². The fourth-order valence-corrected chi connectivity index (χ4v) is 2.88. The van der Waals surface area contributed by atoms with Gasteiger partial charge in [0.25, 0.3) is 0 Å². The Kier molecular flexibility index (Phi) is 10.9. The molecule has 1 amide bonds. The Labute approximate surface area is 159 Å². The molecule has 0 aromatic carbocycles. The molecule has 1 aliphatic rings. The molecule has 1 N–H and O–H groups in total. The van der Waals surface area contributed by atoms with Gasteiger partial charge in [0.2, 0.25) is 5.91 Å². The van der Waals surface area contributed by atoms with Crippen molar-refractivity contribution in [1.82, 2.24) is 15.2 Å². The summed E-state index contributed by atoms with van der Waals surface area (Å²) in [5.74, 6) is 0.961. The molecule has 1 aromatic rings. The number of carbonyl (C=O) groups excluding carboxylic acids is 1. The number of pyridine rings is 1. The van der Waals surface area contributed by atoms with Crippen LogP contribution in [0.15, 0.2) is 12.3 Å². The van der Waals surface area contributed by atoms with Crippen LogP contribution in [0, 0.1) is 0 Å². The van der Waals surface area contributed by atoms with Gasteiger partial charge in [0.1, 0.15) is 5.82 Å². The first-order chi connectivity index (χ1) is 10.1. The van der Waals surface area contributed by atoms with Gasteiger partial charge in [-0.3, -0.25) is 4.79 Å². The Morgan fingerprint density at radius 2 is 1.91 bits per heavy atom. The minimum atomic E-state index is 0. The number of nitrogens with zero attached hydrogens (tertiary/aromatic N) is 3. The van der Waals surface area contributed by atoms with Crippen LogP contribution in [-0.4, -0.2) is 55.6 Å². The lowest BCUT2D eigenvalue weighted by Gasteiger charge is -2.35. The van der Waals surface area contributed by atoms with Crippen LogP contribution < -0.4 is 10.2 Å². The van der Waals surface area contributed by atoms with E-state index in [1.54, 1.807) is 12.3 Å². The maximum absolute atomic E-state index is 12.0. The van der Waals surface area contributed by atoms with Crippen LogP contribution in [-0.2, 0) is 4.79 Å². The first-order valence-corrected chi connectivity index (χ1v) is 7.86. The Bertz CT molecular complexity index is 496. The van der Waals surface area contributed by atoms with E-state index in [1.165, 1.54) is 0 Å². The predicted octanol–water partition coefficient (Wildman–Crippen LogP) is 2.88. The van der Waals surface area contributed by atoms with E-state index in [0.717, 1.165) is 31.9 Å². The van der Waals surface area contributed by atoms with Crippen molar-refractivity contribution < 1.29 is 4.79 Å². The lowest BCUT2D eigenvalue weighted by Crippen LogP contribution is -2.49. The van der Waals surface area contributed by atoms with Gasteiger partial charge in [-0.2, -0.15) is 0 Å². The third-order valence-electron chi connectivity index (χ3n) is 3.54. The number of rotatable bonds is 5. The molecule has 1 fully saturated rings. The number of nitrogens with one attached hydrogen (secondary N) is 1. The SMILES string of the molecule is CNCCCC(=O)N1CCN(c2ncc(Cl)cc2Cl)CC1.Cl.Cl. The second-order valence-electron chi connectivity index (χ2n) is 5.03. The quantitative estimate of drug-likeness (QED) is 0.768. The molecule has 2 rings (SSSR count). The average Bonchev–Trinajstić information content (AvgIpc) is 2.48. The predicted molar refractivity (Wildman–Crippen MR) is 101 cm³/mol. The molecule has 0 spiro atoms. The number of carbonyl (C=O) groups is 1. The van der Waals surface area contributed by atoms with Gasteiger partial charge in [-0.1, -0.05) is 23.2 Å². The molecule has 0 radical (unpaired) electrons. The normalized spacial score (nSPS) is 14.0. The van der Waals surface area contributed by atoms with Crippen molar-refractivity contribution in [2.45, 2.75) is 12.8 Å². The summed E-state index contributed by atoms with van der Waals surface area (Å²) in [5.41, 5.74) is 0. The van der Waals surface area contributed by atoms with Crippen molar-refractivity contribution in [3.63, 3.8) is 0 Å². The fraction of sp³-hybridized carbons (Fsp3) is 0.571. The summed E-state index contributed by atoms with van der Waals surface area (Å²) in [5, 5.41) is 4.13. The number of hydrogen-bond donors (Lipinski definition) is 1. The van der Waals surface area contributed by atoms with Crippen LogP contribution in [0.5, 0.6) is 0 Å². The highest BCUT2D eigenvalue weighted by atomic mass is 35.5. The van der Waals surface area contributed by atoms with Crippen molar-refractivity contribution in [2.75, 3.05) is 44.7 Å². The van der Waals surface area contributed by atoms with E-state index in [0.29, 0.717) is 29.6 Å². The third kappa shape index (κ3) is 6.51. The molecular formula is C14H22Cl4N4O. The number of anilines is 1. The van der Waals surface area contributed by atoms with Crippen LogP contribution in [0.25, 0.3) is 0 Å². The van der Waals surface area contributed by atoms with E-state index in [-0.39, 0.29) is 30.7 Å². The molecule has 1 aliphatic heterocycles. The lowest BCUT2D eigenvalue weighted by atomic mass is 10.2. The maximum atomic E-state index is 12.0. The van der Waals surface area contributed by atoms with Gasteiger partial charge in [-0.25, -0.2) is 4.98 Å². The first-order valence-electron chi connectivity index (χ1n) is 7.10. The molecule has 0 aliphatic carbocycles. The van der Waals surface area contributed by atoms with Gasteiger partial charge in [-0.05, 0) is 26.1 Å². The highest BCUT2D eigenvalue weighted by Crippen LogP contribution is 2.26. The lowest BCUT2D eigenvalue weighted by molar-refractivity contribution is -0.131. The van der Waals surface area contributed by atoms with E-state index < -0.39 is 0 Å². The summed E-state index contributed by atoms with van der Waals surface area (Å²) in [6.45, 7) is 3.77. The zero-order valence-corrected chi connectivity index (χ0v) is 16.1. The Morgan fingerprint density at radius 3 is 2.48 bits per heavy atom. The van der Waals surface area contributed by atoms with Crippen LogP contribution in [0.4, 0.5) is 5.82 Å². The smallest absolute Gasteiger partial charge is 0.222 e. The van der Waals surface area contributed by atoms with Crippen LogP contribution >= 0.6 is 48.0 Å². The van der Waals surface area contributed by atoms with Crippen molar-refractivity contribution in [2.24, 2.45) is 0 Å². The van der Waals surface area contributed by atoms with Crippen LogP contribution in [0.3, 0.4) is 0 Å². The summed E-state index contributed by atoms with van der Waals surface area (Å²) in [6.07, 6.45) is 3.07. The number of halogens is 4. The minimum Gasteiger partial charge on any atom is -0.352 e. The van der Waals surface area contributed by atoms with E-state index in [4.69, 9.17) is 23.2 Å². The second-order valence-corrected chi connectivity index (χ2v) is 5.88. The fourth-order valence-electron chi connectivity index (χ4n) is 2.38.